The van der Waals surface area contributed by atoms with Crippen LogP contribution in [-0.4, -0.2) is 23.2 Å². The van der Waals surface area contributed by atoms with Crippen molar-refractivity contribution in [3.63, 3.8) is 0 Å². The molecular formula is C28H26ClFN2O4. The maximum atomic E-state index is 14.5. The van der Waals surface area contributed by atoms with Crippen molar-refractivity contribution in [1.29, 1.82) is 0 Å². The highest BCUT2D eigenvalue weighted by atomic mass is 35.5. The summed E-state index contributed by atoms with van der Waals surface area (Å²) in [4.78, 5) is 25.6. The summed E-state index contributed by atoms with van der Waals surface area (Å²) >= 11 is 6.02. The second-order valence-electron chi connectivity index (χ2n) is 8.52. The molecule has 3 aromatic carbocycles. The molecular weight excluding hydrogens is 483 g/mol. The van der Waals surface area contributed by atoms with Crippen LogP contribution in [0.1, 0.15) is 36.7 Å². The van der Waals surface area contributed by atoms with Crippen molar-refractivity contribution >= 4 is 39.8 Å². The zero-order valence-corrected chi connectivity index (χ0v) is 20.9. The molecule has 1 heterocycles. The average molecular weight is 509 g/mol. The zero-order valence-electron chi connectivity index (χ0n) is 20.2. The van der Waals surface area contributed by atoms with Crippen molar-refractivity contribution in [2.24, 2.45) is 0 Å². The van der Waals surface area contributed by atoms with E-state index in [1.54, 1.807) is 49.4 Å². The number of anilines is 2. The van der Waals surface area contributed by atoms with Crippen molar-refractivity contribution in [2.75, 3.05) is 11.9 Å². The lowest BCUT2D eigenvalue weighted by atomic mass is 10.1. The third kappa shape index (κ3) is 5.69. The molecule has 0 radical (unpaired) electrons. The second kappa shape index (κ2) is 10.8. The third-order valence-corrected chi connectivity index (χ3v) is 5.68. The van der Waals surface area contributed by atoms with E-state index in [1.807, 2.05) is 30.5 Å². The molecule has 0 saturated carbocycles. The molecule has 1 aromatic heterocycles. The van der Waals surface area contributed by atoms with Crippen LogP contribution in [0.3, 0.4) is 0 Å². The molecule has 0 spiro atoms. The van der Waals surface area contributed by atoms with Gasteiger partial charge in [0.2, 0.25) is 5.43 Å². The Balaban J connectivity index is 1.76. The summed E-state index contributed by atoms with van der Waals surface area (Å²) < 4.78 is 26.9. The minimum absolute atomic E-state index is 0.0400. The Morgan fingerprint density at radius 3 is 2.42 bits per heavy atom. The Morgan fingerprint density at radius 2 is 1.75 bits per heavy atom. The highest BCUT2D eigenvalue weighted by molar-refractivity contribution is 6.30. The van der Waals surface area contributed by atoms with Crippen LogP contribution in [-0.2, 0) is 11.3 Å². The van der Waals surface area contributed by atoms with Gasteiger partial charge in [-0.2, -0.15) is 0 Å². The molecule has 4 aromatic rings. The van der Waals surface area contributed by atoms with Gasteiger partial charge in [0, 0.05) is 40.6 Å². The average Bonchev–Trinajstić information content (AvgIpc) is 2.84. The number of fused-ring (bicyclic) bond motifs is 1. The molecule has 0 unspecified atom stereocenters. The fraction of sp³-hybridized carbons (Fsp3) is 0.214. The fourth-order valence-corrected chi connectivity index (χ4v) is 3.96. The number of nitrogens with zero attached hydrogens (tertiary/aromatic N) is 1. The predicted octanol–water partition coefficient (Wildman–Crippen LogP) is 6.55. The summed E-state index contributed by atoms with van der Waals surface area (Å²) in [6.07, 6.45) is 1.37. The third-order valence-electron chi connectivity index (χ3n) is 5.43. The van der Waals surface area contributed by atoms with Gasteiger partial charge in [0.1, 0.15) is 5.56 Å². The zero-order chi connectivity index (χ0) is 25.8. The molecule has 0 aliphatic rings. The number of hydrogen-bond acceptors (Lipinski definition) is 5. The van der Waals surface area contributed by atoms with Gasteiger partial charge in [-0.25, -0.2) is 9.18 Å². The van der Waals surface area contributed by atoms with E-state index >= 15 is 0 Å². The summed E-state index contributed by atoms with van der Waals surface area (Å²) in [7, 11) is 0. The second-order valence-corrected chi connectivity index (χ2v) is 8.95. The van der Waals surface area contributed by atoms with Crippen molar-refractivity contribution in [1.82, 2.24) is 4.57 Å². The van der Waals surface area contributed by atoms with Gasteiger partial charge < -0.3 is 19.4 Å². The van der Waals surface area contributed by atoms with Crippen LogP contribution < -0.4 is 15.5 Å². The maximum absolute atomic E-state index is 14.5. The number of benzene rings is 3. The minimum atomic E-state index is -0.671. The summed E-state index contributed by atoms with van der Waals surface area (Å²) in [6, 6.07) is 17.1. The number of rotatable bonds is 8. The smallest absolute Gasteiger partial charge is 0.343 e. The highest BCUT2D eigenvalue weighted by Crippen LogP contribution is 2.27. The predicted molar refractivity (Wildman–Crippen MR) is 140 cm³/mol. The van der Waals surface area contributed by atoms with E-state index in [0.29, 0.717) is 33.8 Å². The minimum Gasteiger partial charge on any atom is -0.488 e. The van der Waals surface area contributed by atoms with Gasteiger partial charge >= 0.3 is 5.97 Å². The molecule has 0 atom stereocenters. The van der Waals surface area contributed by atoms with Gasteiger partial charge in [0.15, 0.2) is 11.6 Å². The molecule has 1 N–H and O–H groups in total. The largest absolute Gasteiger partial charge is 0.488 e. The van der Waals surface area contributed by atoms with Gasteiger partial charge in [-0.15, -0.1) is 0 Å². The Kier molecular flexibility index (Phi) is 7.60. The molecule has 0 aliphatic carbocycles. The van der Waals surface area contributed by atoms with Crippen LogP contribution in [0.15, 0.2) is 71.7 Å². The molecule has 0 saturated heterocycles. The molecule has 8 heteroatoms. The summed E-state index contributed by atoms with van der Waals surface area (Å²) in [5.74, 6) is -0.971. The summed E-state index contributed by atoms with van der Waals surface area (Å²) in [5.41, 5.74) is 2.25. The standard InChI is InChI=1S/C28H26ClFN2O4/c1-4-35-28(34)23-16-32(15-18-5-7-19(29)8-6-18)25-14-21(9-11-22(25)27(23)33)31-20-10-12-26(24(30)13-20)36-17(2)3/h5-14,16-17,31H,4,15H2,1-3H3. The van der Waals surface area contributed by atoms with E-state index in [1.165, 1.54) is 12.3 Å². The molecule has 0 bridgehead atoms. The number of carbonyl (C=O) groups is 1. The number of ether oxygens (including phenoxy) is 2. The lowest BCUT2D eigenvalue weighted by Gasteiger charge is -2.16. The van der Waals surface area contributed by atoms with Crippen LogP contribution in [0.25, 0.3) is 10.9 Å². The molecule has 0 fully saturated rings. The molecule has 0 aliphatic heterocycles. The van der Waals surface area contributed by atoms with Crippen LogP contribution in [0, 0.1) is 5.82 Å². The van der Waals surface area contributed by atoms with Gasteiger partial charge in [0.25, 0.3) is 0 Å². The molecule has 36 heavy (non-hydrogen) atoms. The highest BCUT2D eigenvalue weighted by Gasteiger charge is 2.17. The van der Waals surface area contributed by atoms with E-state index in [4.69, 9.17) is 21.1 Å². The van der Waals surface area contributed by atoms with Gasteiger partial charge in [-0.3, -0.25) is 4.79 Å². The van der Waals surface area contributed by atoms with Crippen molar-refractivity contribution in [3.8, 4) is 5.75 Å². The Morgan fingerprint density at radius 1 is 1.06 bits per heavy atom. The topological polar surface area (TPSA) is 69.6 Å². The van der Waals surface area contributed by atoms with Gasteiger partial charge in [-0.1, -0.05) is 23.7 Å². The van der Waals surface area contributed by atoms with E-state index < -0.39 is 17.2 Å². The maximum Gasteiger partial charge on any atom is 0.343 e. The first-order valence-corrected chi connectivity index (χ1v) is 11.9. The number of nitrogens with one attached hydrogen (secondary N) is 1. The molecule has 186 valence electrons. The van der Waals surface area contributed by atoms with E-state index in [9.17, 15) is 14.0 Å². The monoisotopic (exact) mass is 508 g/mol. The Hall–Kier alpha value is -3.84. The summed E-state index contributed by atoms with van der Waals surface area (Å²) in [5, 5.41) is 4.15. The number of aromatic nitrogens is 1. The SMILES string of the molecule is CCOC(=O)c1cn(Cc2ccc(Cl)cc2)c2cc(Nc3ccc(OC(C)C)c(F)c3)ccc2c1=O. The van der Waals surface area contributed by atoms with Crippen molar-refractivity contribution in [2.45, 2.75) is 33.4 Å². The lowest BCUT2D eigenvalue weighted by molar-refractivity contribution is 0.0524. The van der Waals surface area contributed by atoms with E-state index in [2.05, 4.69) is 5.32 Å². The Bertz CT molecular complexity index is 1470. The quantitative estimate of drug-likeness (QED) is 0.273. The number of carbonyl (C=O) groups excluding carboxylic acids is 1. The van der Waals surface area contributed by atoms with Crippen LogP contribution in [0.4, 0.5) is 15.8 Å². The molecule has 0 amide bonds. The van der Waals surface area contributed by atoms with Gasteiger partial charge in [-0.05, 0) is 68.8 Å². The normalized spacial score (nSPS) is 11.1. The lowest BCUT2D eigenvalue weighted by Crippen LogP contribution is -2.21. The van der Waals surface area contributed by atoms with Crippen molar-refractivity contribution < 1.29 is 18.7 Å². The number of pyridine rings is 1. The number of esters is 1. The van der Waals surface area contributed by atoms with Crippen LogP contribution in [0.2, 0.25) is 5.02 Å². The number of halogens is 2. The molecule has 4 rings (SSSR count). The Labute approximate surface area is 213 Å². The first-order valence-electron chi connectivity index (χ1n) is 11.6. The van der Waals surface area contributed by atoms with Crippen LogP contribution >= 0.6 is 11.6 Å². The first-order chi connectivity index (χ1) is 17.2. The summed E-state index contributed by atoms with van der Waals surface area (Å²) in [6.45, 7) is 5.90. The van der Waals surface area contributed by atoms with E-state index in [-0.39, 0.29) is 24.0 Å². The fourth-order valence-electron chi connectivity index (χ4n) is 3.83. The van der Waals surface area contributed by atoms with Crippen molar-refractivity contribution in [3.05, 3.63) is 99.1 Å². The van der Waals surface area contributed by atoms with E-state index in [0.717, 1.165) is 5.56 Å². The number of hydrogen-bond donors (Lipinski definition) is 1. The first kappa shape index (κ1) is 25.3. The molecule has 6 nitrogen and oxygen atoms in total. The van der Waals surface area contributed by atoms with Crippen LogP contribution in [0.5, 0.6) is 5.75 Å². The van der Waals surface area contributed by atoms with Gasteiger partial charge in [0.05, 0.1) is 18.2 Å².